The Morgan fingerprint density at radius 1 is 1.39 bits per heavy atom. The molecule has 5 rings (SSSR count). The van der Waals surface area contributed by atoms with E-state index in [9.17, 15) is 8.76 Å². The Hall–Kier alpha value is -2.44. The van der Waals surface area contributed by atoms with Gasteiger partial charge in [-0.1, -0.05) is 0 Å². The summed E-state index contributed by atoms with van der Waals surface area (Å²) >= 11 is -0.498. The Kier molecular flexibility index (Phi) is 6.14. The van der Waals surface area contributed by atoms with E-state index in [0.29, 0.717) is 25.6 Å². The van der Waals surface area contributed by atoms with E-state index in [1.807, 2.05) is 37.6 Å². The minimum absolute atomic E-state index is 0.0921. The maximum atomic E-state index is 11.9. The van der Waals surface area contributed by atoms with Crippen molar-refractivity contribution in [2.45, 2.75) is 39.4 Å². The van der Waals surface area contributed by atoms with Gasteiger partial charge in [-0.25, -0.2) is 19.2 Å². The molecule has 1 aliphatic rings. The molecule has 1 aliphatic heterocycles. The van der Waals surface area contributed by atoms with Crippen LogP contribution in [-0.4, -0.2) is 64.8 Å². The summed E-state index contributed by atoms with van der Waals surface area (Å²) in [5.74, 6) is 1.49. The van der Waals surface area contributed by atoms with Crippen molar-refractivity contribution in [2.75, 3.05) is 24.7 Å². The lowest BCUT2D eigenvalue weighted by atomic mass is 10.1. The number of rotatable bonds is 6. The predicted molar refractivity (Wildman–Crippen MR) is 132 cm³/mol. The van der Waals surface area contributed by atoms with Gasteiger partial charge in [-0.3, -0.25) is 4.55 Å². The largest absolute Gasteiger partial charge is 0.377 e. The number of fused-ring (bicyclic) bond motifs is 2. The van der Waals surface area contributed by atoms with E-state index in [0.717, 1.165) is 44.7 Å². The molecule has 1 saturated heterocycles. The van der Waals surface area contributed by atoms with Gasteiger partial charge in [0.2, 0.25) is 11.3 Å². The van der Waals surface area contributed by atoms with E-state index in [4.69, 9.17) is 14.7 Å². The molecule has 4 aromatic rings. The van der Waals surface area contributed by atoms with Crippen LogP contribution in [0, 0.1) is 0 Å². The van der Waals surface area contributed by atoms with E-state index in [1.165, 1.54) is 4.31 Å². The van der Waals surface area contributed by atoms with Crippen LogP contribution in [0.25, 0.3) is 32.6 Å². The van der Waals surface area contributed by atoms with Crippen LogP contribution in [0.1, 0.15) is 26.3 Å². The SMILES string of the molecule is CC(C)N(Cc1csc2c(N3CCOC[C@H]3C)nc(-c3ccnc4[nH]ccc34)nc12)S(=O)O. The van der Waals surface area contributed by atoms with Crippen LogP contribution in [0.5, 0.6) is 0 Å². The van der Waals surface area contributed by atoms with Crippen molar-refractivity contribution in [3.63, 3.8) is 0 Å². The number of morpholine rings is 1. The summed E-state index contributed by atoms with van der Waals surface area (Å²) in [5.41, 5.74) is 3.41. The molecule has 33 heavy (non-hydrogen) atoms. The lowest BCUT2D eigenvalue weighted by Crippen LogP contribution is -2.44. The molecule has 0 aromatic carbocycles. The van der Waals surface area contributed by atoms with Gasteiger partial charge in [-0.15, -0.1) is 11.3 Å². The van der Waals surface area contributed by atoms with Crippen molar-refractivity contribution in [3.8, 4) is 11.4 Å². The Balaban J connectivity index is 1.71. The molecular weight excluding hydrogens is 460 g/mol. The van der Waals surface area contributed by atoms with Crippen LogP contribution >= 0.6 is 11.3 Å². The number of aromatic nitrogens is 4. The molecular formula is C22H26N6O3S2. The minimum atomic E-state index is -2.08. The highest BCUT2D eigenvalue weighted by molar-refractivity contribution is 7.76. The molecule has 0 amide bonds. The molecule has 5 heterocycles. The van der Waals surface area contributed by atoms with Gasteiger partial charge in [-0.2, -0.15) is 4.31 Å². The molecule has 2 N–H and O–H groups in total. The van der Waals surface area contributed by atoms with Crippen molar-refractivity contribution >= 4 is 49.7 Å². The maximum absolute atomic E-state index is 11.9. The maximum Gasteiger partial charge on any atom is 0.235 e. The Morgan fingerprint density at radius 3 is 3.00 bits per heavy atom. The highest BCUT2D eigenvalue weighted by atomic mass is 32.2. The molecule has 9 nitrogen and oxygen atoms in total. The van der Waals surface area contributed by atoms with Crippen molar-refractivity contribution in [2.24, 2.45) is 0 Å². The monoisotopic (exact) mass is 486 g/mol. The molecule has 11 heteroatoms. The number of nitrogens with one attached hydrogen (secondary N) is 1. The zero-order valence-corrected chi connectivity index (χ0v) is 20.3. The van der Waals surface area contributed by atoms with Crippen LogP contribution in [0.4, 0.5) is 5.82 Å². The summed E-state index contributed by atoms with van der Waals surface area (Å²) in [5, 5.41) is 2.98. The van der Waals surface area contributed by atoms with E-state index >= 15 is 0 Å². The first-order chi connectivity index (χ1) is 15.9. The fourth-order valence-corrected chi connectivity index (χ4v) is 5.77. The van der Waals surface area contributed by atoms with E-state index < -0.39 is 11.3 Å². The van der Waals surface area contributed by atoms with E-state index in [2.05, 4.69) is 21.8 Å². The highest BCUT2D eigenvalue weighted by Crippen LogP contribution is 2.37. The molecule has 0 radical (unpaired) electrons. The summed E-state index contributed by atoms with van der Waals surface area (Å²) in [7, 11) is 0. The van der Waals surface area contributed by atoms with Gasteiger partial charge < -0.3 is 14.6 Å². The van der Waals surface area contributed by atoms with E-state index in [1.54, 1.807) is 17.5 Å². The first-order valence-electron chi connectivity index (χ1n) is 10.9. The molecule has 4 aromatic heterocycles. The molecule has 0 spiro atoms. The molecule has 1 unspecified atom stereocenters. The van der Waals surface area contributed by atoms with Crippen molar-refractivity contribution in [3.05, 3.63) is 35.5 Å². The number of pyridine rings is 1. The second-order valence-electron chi connectivity index (χ2n) is 8.42. The third-order valence-corrected chi connectivity index (χ3v) is 7.88. The van der Waals surface area contributed by atoms with Crippen molar-refractivity contribution in [1.82, 2.24) is 24.2 Å². The Labute approximate surface area is 198 Å². The summed E-state index contributed by atoms with van der Waals surface area (Å²) in [6.45, 7) is 8.30. The molecule has 0 aliphatic carbocycles. The van der Waals surface area contributed by atoms with Gasteiger partial charge in [0.05, 0.1) is 29.5 Å². The zero-order chi connectivity index (χ0) is 23.1. The summed E-state index contributed by atoms with van der Waals surface area (Å²) in [4.78, 5) is 19.8. The average Bonchev–Trinajstić information content (AvgIpc) is 3.43. The quantitative estimate of drug-likeness (QED) is 0.399. The van der Waals surface area contributed by atoms with Gasteiger partial charge in [0.25, 0.3) is 0 Å². The Bertz CT molecular complexity index is 1320. The summed E-state index contributed by atoms with van der Waals surface area (Å²) in [6.07, 6.45) is 3.61. The van der Waals surface area contributed by atoms with Gasteiger partial charge in [0.1, 0.15) is 5.65 Å². The molecule has 1 fully saturated rings. The van der Waals surface area contributed by atoms with Gasteiger partial charge in [-0.05, 0) is 38.3 Å². The standard InChI is InChI=1S/C22H26N6O3S2/c1-13(2)28(33(29)30)10-15-12-32-19-18(15)25-21(17-5-7-24-20-16(17)4-6-23-20)26-22(19)27-8-9-31-11-14(27)3/h4-7,12-14H,8-11H2,1-3H3,(H,23,24)(H,29,30)/t14-/m1/s1. The van der Waals surface area contributed by atoms with Crippen LogP contribution in [-0.2, 0) is 22.5 Å². The van der Waals surface area contributed by atoms with Crippen molar-refractivity contribution < 1.29 is 13.5 Å². The summed E-state index contributed by atoms with van der Waals surface area (Å²) < 4.78 is 29.9. The molecule has 174 valence electrons. The van der Waals surface area contributed by atoms with Crippen molar-refractivity contribution in [1.29, 1.82) is 0 Å². The van der Waals surface area contributed by atoms with Crippen LogP contribution in [0.3, 0.4) is 0 Å². The average molecular weight is 487 g/mol. The van der Waals surface area contributed by atoms with Crippen LogP contribution in [0.2, 0.25) is 0 Å². The Morgan fingerprint density at radius 2 is 2.24 bits per heavy atom. The number of thiophene rings is 1. The predicted octanol–water partition coefficient (Wildman–Crippen LogP) is 3.81. The third kappa shape index (κ3) is 4.15. The molecule has 0 saturated carbocycles. The van der Waals surface area contributed by atoms with Crippen LogP contribution < -0.4 is 4.90 Å². The fourth-order valence-electron chi connectivity index (χ4n) is 4.16. The zero-order valence-electron chi connectivity index (χ0n) is 18.7. The lowest BCUT2D eigenvalue weighted by Gasteiger charge is -2.34. The van der Waals surface area contributed by atoms with Gasteiger partial charge in [0.15, 0.2) is 11.6 Å². The number of aromatic amines is 1. The van der Waals surface area contributed by atoms with Gasteiger partial charge >= 0.3 is 0 Å². The number of nitrogens with zero attached hydrogens (tertiary/aromatic N) is 5. The number of hydrogen-bond donors (Lipinski definition) is 2. The first-order valence-corrected chi connectivity index (χ1v) is 12.8. The third-order valence-electron chi connectivity index (χ3n) is 5.91. The fraction of sp³-hybridized carbons (Fsp3) is 0.409. The second kappa shape index (κ2) is 9.07. The minimum Gasteiger partial charge on any atom is -0.377 e. The second-order valence-corrected chi connectivity index (χ2v) is 10.2. The topological polar surface area (TPSA) is 107 Å². The number of hydrogen-bond acceptors (Lipinski definition) is 7. The number of ether oxygens (including phenoxy) is 1. The normalized spacial score (nSPS) is 18.1. The van der Waals surface area contributed by atoms with Crippen LogP contribution in [0.15, 0.2) is 29.9 Å². The number of H-pyrrole nitrogens is 1. The highest BCUT2D eigenvalue weighted by Gasteiger charge is 2.27. The summed E-state index contributed by atoms with van der Waals surface area (Å²) in [6, 6.07) is 3.99. The smallest absolute Gasteiger partial charge is 0.235 e. The molecule has 2 atom stereocenters. The molecule has 0 bridgehead atoms. The van der Waals surface area contributed by atoms with Gasteiger partial charge in [0, 0.05) is 48.0 Å². The lowest BCUT2D eigenvalue weighted by molar-refractivity contribution is 0.0987. The van der Waals surface area contributed by atoms with E-state index in [-0.39, 0.29) is 12.1 Å². The number of anilines is 1. The first kappa shape index (κ1) is 22.4.